The summed E-state index contributed by atoms with van der Waals surface area (Å²) in [6, 6.07) is 5.17. The first-order valence-electron chi connectivity index (χ1n) is 5.99. The van der Waals surface area contributed by atoms with Crippen molar-refractivity contribution in [3.63, 3.8) is 0 Å². The minimum atomic E-state index is -4.30. The number of carbonyl (C=O) groups is 1. The molecule has 1 aromatic carbocycles. The predicted molar refractivity (Wildman–Crippen MR) is 62.2 cm³/mol. The van der Waals surface area contributed by atoms with Gasteiger partial charge in [0.15, 0.2) is 0 Å². The highest BCUT2D eigenvalue weighted by Gasteiger charge is 2.50. The van der Waals surface area contributed by atoms with E-state index < -0.39 is 17.2 Å². The van der Waals surface area contributed by atoms with E-state index in [-0.39, 0.29) is 11.7 Å². The zero-order chi connectivity index (χ0) is 13.6. The Kier molecular flexibility index (Phi) is 2.99. The van der Waals surface area contributed by atoms with Crippen molar-refractivity contribution in [2.75, 3.05) is 0 Å². The van der Waals surface area contributed by atoms with Gasteiger partial charge in [0.1, 0.15) is 5.78 Å². The molecule has 1 aromatic rings. The molecule has 1 aliphatic rings. The zero-order valence-corrected chi connectivity index (χ0v) is 10.3. The number of benzene rings is 1. The van der Waals surface area contributed by atoms with Gasteiger partial charge in [-0.15, -0.1) is 0 Å². The highest BCUT2D eigenvalue weighted by atomic mass is 19.4. The second-order valence-corrected chi connectivity index (χ2v) is 5.07. The Bertz CT molecular complexity index is 461. The lowest BCUT2D eigenvalue weighted by Gasteiger charge is -2.45. The predicted octanol–water partition coefficient (Wildman–Crippen LogP) is 4.18. The molecule has 0 amide bonds. The third-order valence-electron chi connectivity index (χ3n) is 4.17. The molecule has 0 N–H and O–H groups in total. The van der Waals surface area contributed by atoms with Crippen LogP contribution < -0.4 is 0 Å². The lowest BCUT2D eigenvalue weighted by Crippen LogP contribution is -2.45. The van der Waals surface area contributed by atoms with E-state index in [1.807, 2.05) is 13.8 Å². The Balaban J connectivity index is 2.24. The highest BCUT2D eigenvalue weighted by molar-refractivity contribution is 5.93. The first-order valence-corrected chi connectivity index (χ1v) is 5.99. The van der Waals surface area contributed by atoms with Gasteiger partial charge < -0.3 is 0 Å². The summed E-state index contributed by atoms with van der Waals surface area (Å²) in [5.74, 6) is 0.257. The fraction of sp³-hybridized carbons (Fsp3) is 0.500. The second-order valence-electron chi connectivity index (χ2n) is 5.07. The van der Waals surface area contributed by atoms with Crippen LogP contribution in [0, 0.1) is 5.41 Å². The summed E-state index contributed by atoms with van der Waals surface area (Å²) in [7, 11) is 0. The molecule has 0 radical (unpaired) electrons. The first-order chi connectivity index (χ1) is 8.29. The van der Waals surface area contributed by atoms with Gasteiger partial charge in [-0.3, -0.25) is 4.79 Å². The molecule has 2 rings (SSSR count). The van der Waals surface area contributed by atoms with Gasteiger partial charge in [-0.05, 0) is 24.1 Å². The number of rotatable bonds is 2. The van der Waals surface area contributed by atoms with Crippen molar-refractivity contribution in [2.24, 2.45) is 5.41 Å². The topological polar surface area (TPSA) is 17.1 Å². The fourth-order valence-electron chi connectivity index (χ4n) is 2.54. The van der Waals surface area contributed by atoms with Gasteiger partial charge in [0.25, 0.3) is 0 Å². The average Bonchev–Trinajstić information content (AvgIpc) is 2.34. The first kappa shape index (κ1) is 13.1. The van der Waals surface area contributed by atoms with Crippen LogP contribution in [0.3, 0.4) is 0 Å². The monoisotopic (exact) mass is 256 g/mol. The van der Waals surface area contributed by atoms with Crippen molar-refractivity contribution >= 4 is 5.78 Å². The fourth-order valence-corrected chi connectivity index (χ4v) is 2.54. The lowest BCUT2D eigenvalue weighted by atomic mass is 9.56. The number of hydrogen-bond acceptors (Lipinski definition) is 1. The van der Waals surface area contributed by atoms with E-state index in [0.29, 0.717) is 6.42 Å². The molecule has 4 heteroatoms. The molecule has 98 valence electrons. The lowest BCUT2D eigenvalue weighted by molar-refractivity contribution is -0.140. The van der Waals surface area contributed by atoms with Gasteiger partial charge in [-0.2, -0.15) is 13.2 Å². The van der Waals surface area contributed by atoms with Crippen LogP contribution >= 0.6 is 0 Å². The molecule has 2 atom stereocenters. The van der Waals surface area contributed by atoms with E-state index >= 15 is 0 Å². The van der Waals surface area contributed by atoms with Crippen LogP contribution in [0.2, 0.25) is 0 Å². The van der Waals surface area contributed by atoms with Gasteiger partial charge in [0, 0.05) is 17.8 Å². The van der Waals surface area contributed by atoms with Crippen molar-refractivity contribution in [3.8, 4) is 0 Å². The molecule has 18 heavy (non-hydrogen) atoms. The summed E-state index contributed by atoms with van der Waals surface area (Å²) in [6.07, 6.45) is -3.14. The highest BCUT2D eigenvalue weighted by Crippen LogP contribution is 2.52. The van der Waals surface area contributed by atoms with Crippen molar-refractivity contribution < 1.29 is 18.0 Å². The summed E-state index contributed by atoms with van der Waals surface area (Å²) < 4.78 is 37.3. The van der Waals surface area contributed by atoms with Crippen molar-refractivity contribution in [1.29, 1.82) is 0 Å². The Morgan fingerprint density at radius 3 is 2.22 bits per heavy atom. The average molecular weight is 256 g/mol. The van der Waals surface area contributed by atoms with E-state index in [0.717, 1.165) is 24.1 Å². The van der Waals surface area contributed by atoms with Crippen LogP contribution in [-0.4, -0.2) is 5.78 Å². The number of halogens is 3. The summed E-state index contributed by atoms with van der Waals surface area (Å²) in [5, 5.41) is 0. The van der Waals surface area contributed by atoms with E-state index in [9.17, 15) is 18.0 Å². The Hall–Kier alpha value is -1.32. The van der Waals surface area contributed by atoms with Gasteiger partial charge in [-0.25, -0.2) is 0 Å². The summed E-state index contributed by atoms with van der Waals surface area (Å²) >= 11 is 0. The number of Topliss-reactive ketones (excluding diaryl/α,β-unsaturated/α-hetero) is 1. The molecular weight excluding hydrogens is 241 g/mol. The Morgan fingerprint density at radius 2 is 1.83 bits per heavy atom. The smallest absolute Gasteiger partial charge is 0.299 e. The van der Waals surface area contributed by atoms with E-state index in [1.54, 1.807) is 0 Å². The molecule has 0 aliphatic heterocycles. The number of ketones is 1. The normalized spacial score (nSPS) is 28.1. The maximum absolute atomic E-state index is 12.4. The zero-order valence-electron chi connectivity index (χ0n) is 10.3. The maximum Gasteiger partial charge on any atom is 0.416 e. The van der Waals surface area contributed by atoms with E-state index in [2.05, 4.69) is 0 Å². The number of alkyl halides is 3. The molecule has 2 unspecified atom stereocenters. The minimum Gasteiger partial charge on any atom is -0.299 e. The van der Waals surface area contributed by atoms with Crippen LogP contribution in [0.25, 0.3) is 0 Å². The minimum absolute atomic E-state index is 0.0530. The van der Waals surface area contributed by atoms with Crippen LogP contribution in [0.1, 0.15) is 43.7 Å². The molecule has 1 aliphatic carbocycles. The summed E-state index contributed by atoms with van der Waals surface area (Å²) in [6.45, 7) is 3.83. The van der Waals surface area contributed by atoms with Crippen LogP contribution in [0.15, 0.2) is 24.3 Å². The van der Waals surface area contributed by atoms with Gasteiger partial charge >= 0.3 is 6.18 Å². The Morgan fingerprint density at radius 1 is 1.28 bits per heavy atom. The largest absolute Gasteiger partial charge is 0.416 e. The quantitative estimate of drug-likeness (QED) is 0.775. The van der Waals surface area contributed by atoms with Gasteiger partial charge in [0.05, 0.1) is 5.56 Å². The Labute approximate surface area is 104 Å². The standard InChI is InChI=1S/C14H15F3O/c1-3-13(2)11(8-12(13)18)9-4-6-10(7-5-9)14(15,16)17/h4-7,11H,3,8H2,1-2H3. The number of hydrogen-bond donors (Lipinski definition) is 0. The molecular formula is C14H15F3O. The summed E-state index contributed by atoms with van der Waals surface area (Å²) in [4.78, 5) is 11.6. The van der Waals surface area contributed by atoms with Crippen LogP contribution in [0.4, 0.5) is 13.2 Å². The summed E-state index contributed by atoms with van der Waals surface area (Å²) in [5.41, 5.74) is -0.221. The molecule has 0 spiro atoms. The third kappa shape index (κ3) is 1.93. The second kappa shape index (κ2) is 4.11. The van der Waals surface area contributed by atoms with Crippen LogP contribution in [0.5, 0.6) is 0 Å². The molecule has 0 saturated heterocycles. The number of carbonyl (C=O) groups excluding carboxylic acids is 1. The molecule has 1 nitrogen and oxygen atoms in total. The van der Waals surface area contributed by atoms with Gasteiger partial charge in [0.2, 0.25) is 0 Å². The molecule has 1 saturated carbocycles. The van der Waals surface area contributed by atoms with Crippen molar-refractivity contribution in [2.45, 2.75) is 38.8 Å². The van der Waals surface area contributed by atoms with E-state index in [1.165, 1.54) is 12.1 Å². The van der Waals surface area contributed by atoms with E-state index in [4.69, 9.17) is 0 Å². The molecule has 0 heterocycles. The van der Waals surface area contributed by atoms with Crippen molar-refractivity contribution in [1.82, 2.24) is 0 Å². The molecule has 0 aromatic heterocycles. The molecule has 0 bridgehead atoms. The maximum atomic E-state index is 12.4. The third-order valence-corrected chi connectivity index (χ3v) is 4.17. The van der Waals surface area contributed by atoms with Crippen molar-refractivity contribution in [3.05, 3.63) is 35.4 Å². The SMILES string of the molecule is CCC1(C)C(=O)CC1c1ccc(C(F)(F)F)cc1. The molecule has 1 fully saturated rings. The van der Waals surface area contributed by atoms with Gasteiger partial charge in [-0.1, -0.05) is 26.0 Å². The van der Waals surface area contributed by atoms with Crippen LogP contribution in [-0.2, 0) is 11.0 Å².